The molecule has 0 aliphatic carbocycles. The van der Waals surface area contributed by atoms with E-state index in [9.17, 15) is 0 Å². The van der Waals surface area contributed by atoms with Gasteiger partial charge in [0, 0.05) is 4.88 Å². The lowest BCUT2D eigenvalue weighted by Crippen LogP contribution is -2.09. The van der Waals surface area contributed by atoms with Crippen LogP contribution in [0.25, 0.3) is 21.6 Å². The van der Waals surface area contributed by atoms with E-state index in [1.54, 1.807) is 23.9 Å². The lowest BCUT2D eigenvalue weighted by molar-refractivity contribution is 0.568. The van der Waals surface area contributed by atoms with Gasteiger partial charge in [-0.15, -0.1) is 11.3 Å². The molecule has 92 valence electrons. The number of hydrogen-bond acceptors (Lipinski definition) is 6. The Balaban J connectivity index is 2.24. The van der Waals surface area contributed by atoms with Gasteiger partial charge in [0.2, 0.25) is 0 Å². The maximum atomic E-state index is 5.53. The molecule has 0 radical (unpaired) electrons. The predicted octanol–water partition coefficient (Wildman–Crippen LogP) is 2.80. The van der Waals surface area contributed by atoms with Crippen LogP contribution in [0.15, 0.2) is 29.1 Å². The van der Waals surface area contributed by atoms with E-state index in [2.05, 4.69) is 28.4 Å². The van der Waals surface area contributed by atoms with E-state index in [4.69, 9.17) is 10.3 Å². The summed E-state index contributed by atoms with van der Waals surface area (Å²) in [4.78, 5) is 11.2. The molecule has 3 aromatic rings. The van der Waals surface area contributed by atoms with E-state index in [1.807, 2.05) is 6.07 Å². The highest BCUT2D eigenvalue weighted by atomic mass is 32.1. The molecule has 0 saturated heterocycles. The molecule has 0 aliphatic rings. The number of nitrogens with zero attached hydrogens (tertiary/aromatic N) is 2. The molecule has 3 rings (SSSR count). The fraction of sp³-hybridized carbons (Fsp3) is 0.167. The Kier molecular flexibility index (Phi) is 2.73. The normalized spacial score (nSPS) is 11.0. The Morgan fingerprint density at radius 1 is 1.44 bits per heavy atom. The lowest BCUT2D eigenvalue weighted by Gasteiger charge is -2.03. The van der Waals surface area contributed by atoms with Crippen LogP contribution in [0.5, 0.6) is 0 Å². The Bertz CT molecular complexity index is 675. The number of hydrazine groups is 1. The zero-order chi connectivity index (χ0) is 12.5. The summed E-state index contributed by atoms with van der Waals surface area (Å²) in [6.45, 7) is 2.12. The number of fused-ring (bicyclic) bond motifs is 1. The van der Waals surface area contributed by atoms with Crippen molar-refractivity contribution >= 4 is 27.4 Å². The first-order valence-electron chi connectivity index (χ1n) is 5.61. The van der Waals surface area contributed by atoms with Crippen LogP contribution in [0, 0.1) is 0 Å². The summed E-state index contributed by atoms with van der Waals surface area (Å²) in [6, 6.07) is 3.91. The molecule has 0 atom stereocenters. The number of nitrogen functional groups attached to an aromatic ring is 1. The van der Waals surface area contributed by atoms with Gasteiger partial charge in [-0.1, -0.05) is 6.92 Å². The van der Waals surface area contributed by atoms with Crippen molar-refractivity contribution in [3.63, 3.8) is 0 Å². The second-order valence-electron chi connectivity index (χ2n) is 3.84. The summed E-state index contributed by atoms with van der Waals surface area (Å²) < 4.78 is 5.05. The summed E-state index contributed by atoms with van der Waals surface area (Å²) >= 11 is 1.66. The molecular weight excluding hydrogens is 248 g/mol. The van der Waals surface area contributed by atoms with E-state index in [0.29, 0.717) is 11.6 Å². The molecule has 0 amide bonds. The number of hydrogen-bond donors (Lipinski definition) is 2. The number of aromatic nitrogens is 2. The maximum absolute atomic E-state index is 5.53. The van der Waals surface area contributed by atoms with E-state index in [0.717, 1.165) is 22.2 Å². The fourth-order valence-corrected chi connectivity index (χ4v) is 2.74. The van der Waals surface area contributed by atoms with Crippen molar-refractivity contribution in [3.8, 4) is 11.4 Å². The lowest BCUT2D eigenvalue weighted by atomic mass is 10.3. The van der Waals surface area contributed by atoms with E-state index in [1.165, 1.54) is 4.88 Å². The summed E-state index contributed by atoms with van der Waals surface area (Å²) in [5.74, 6) is 6.79. The van der Waals surface area contributed by atoms with Crippen molar-refractivity contribution in [2.75, 3.05) is 5.43 Å². The summed E-state index contributed by atoms with van der Waals surface area (Å²) in [5, 5.41) is 0.964. The molecule has 3 heterocycles. The zero-order valence-corrected chi connectivity index (χ0v) is 10.6. The molecule has 5 nitrogen and oxygen atoms in total. The highest BCUT2D eigenvalue weighted by Crippen LogP contribution is 2.31. The molecule has 3 N–H and O–H groups in total. The van der Waals surface area contributed by atoms with Crippen LogP contribution in [-0.2, 0) is 6.42 Å². The van der Waals surface area contributed by atoms with E-state index < -0.39 is 0 Å². The molecule has 3 aromatic heterocycles. The van der Waals surface area contributed by atoms with Gasteiger partial charge in [0.15, 0.2) is 11.6 Å². The van der Waals surface area contributed by atoms with Crippen molar-refractivity contribution < 1.29 is 4.42 Å². The largest absolute Gasteiger partial charge is 0.472 e. The molecule has 0 saturated carbocycles. The number of aryl methyl sites for hydroxylation is 1. The van der Waals surface area contributed by atoms with Gasteiger partial charge in [-0.05, 0) is 18.6 Å². The molecule has 0 aliphatic heterocycles. The average molecular weight is 260 g/mol. The van der Waals surface area contributed by atoms with Gasteiger partial charge in [0.25, 0.3) is 0 Å². The monoisotopic (exact) mass is 260 g/mol. The average Bonchev–Trinajstić information content (AvgIpc) is 3.05. The third-order valence-electron chi connectivity index (χ3n) is 2.71. The SMILES string of the molecule is CCc1cc2c(NN)nc(-c3ccoc3)nc2s1. The summed E-state index contributed by atoms with van der Waals surface area (Å²) in [5.41, 5.74) is 3.48. The molecule has 0 bridgehead atoms. The number of thiophene rings is 1. The van der Waals surface area contributed by atoms with Gasteiger partial charge in [0.1, 0.15) is 11.1 Å². The molecule has 0 spiro atoms. The summed E-state index contributed by atoms with van der Waals surface area (Å²) in [7, 11) is 0. The van der Waals surface area contributed by atoms with Gasteiger partial charge >= 0.3 is 0 Å². The molecule has 0 unspecified atom stereocenters. The molecule has 0 fully saturated rings. The van der Waals surface area contributed by atoms with Gasteiger partial charge in [-0.2, -0.15) is 0 Å². The van der Waals surface area contributed by atoms with E-state index >= 15 is 0 Å². The summed E-state index contributed by atoms with van der Waals surface area (Å²) in [6.07, 6.45) is 4.20. The maximum Gasteiger partial charge on any atom is 0.166 e. The second-order valence-corrected chi connectivity index (χ2v) is 4.95. The first kappa shape index (κ1) is 11.2. The minimum Gasteiger partial charge on any atom is -0.472 e. The van der Waals surface area contributed by atoms with Crippen molar-refractivity contribution in [2.45, 2.75) is 13.3 Å². The molecular formula is C12H12N4OS. The van der Waals surface area contributed by atoms with Gasteiger partial charge < -0.3 is 9.84 Å². The highest BCUT2D eigenvalue weighted by Gasteiger charge is 2.12. The number of nitrogens with two attached hydrogens (primary N) is 1. The molecule has 18 heavy (non-hydrogen) atoms. The minimum atomic E-state index is 0.619. The number of rotatable bonds is 3. The van der Waals surface area contributed by atoms with Crippen LogP contribution in [0.3, 0.4) is 0 Å². The Morgan fingerprint density at radius 3 is 3.00 bits per heavy atom. The number of furan rings is 1. The van der Waals surface area contributed by atoms with Gasteiger partial charge in [0.05, 0.1) is 17.2 Å². The molecule has 0 aromatic carbocycles. The van der Waals surface area contributed by atoms with Crippen LogP contribution in [0.2, 0.25) is 0 Å². The highest BCUT2D eigenvalue weighted by molar-refractivity contribution is 7.18. The zero-order valence-electron chi connectivity index (χ0n) is 9.80. The van der Waals surface area contributed by atoms with Crippen molar-refractivity contribution in [3.05, 3.63) is 29.5 Å². The smallest absolute Gasteiger partial charge is 0.166 e. The van der Waals surface area contributed by atoms with Crippen LogP contribution in [-0.4, -0.2) is 9.97 Å². The third-order valence-corrected chi connectivity index (χ3v) is 3.88. The standard InChI is InChI=1S/C12H12N4OS/c1-2-8-5-9-11(16-13)14-10(15-12(9)18-8)7-3-4-17-6-7/h3-6H,2,13H2,1H3,(H,14,15,16). The number of nitrogens with one attached hydrogen (secondary N) is 1. The quantitative estimate of drug-likeness (QED) is 0.559. The van der Waals surface area contributed by atoms with Gasteiger partial charge in [-0.3, -0.25) is 0 Å². The Hall–Kier alpha value is -1.92. The second kappa shape index (κ2) is 4.40. The predicted molar refractivity (Wildman–Crippen MR) is 72.3 cm³/mol. The Morgan fingerprint density at radius 2 is 2.33 bits per heavy atom. The molecule has 6 heteroatoms. The number of anilines is 1. The van der Waals surface area contributed by atoms with Crippen LogP contribution >= 0.6 is 11.3 Å². The van der Waals surface area contributed by atoms with Crippen molar-refractivity contribution in [1.82, 2.24) is 9.97 Å². The first-order valence-corrected chi connectivity index (χ1v) is 6.43. The van der Waals surface area contributed by atoms with E-state index in [-0.39, 0.29) is 0 Å². The third kappa shape index (κ3) is 1.75. The topological polar surface area (TPSA) is 77.0 Å². The minimum absolute atomic E-state index is 0.619. The van der Waals surface area contributed by atoms with Crippen molar-refractivity contribution in [2.24, 2.45) is 5.84 Å². The Labute approximate surface area is 108 Å². The van der Waals surface area contributed by atoms with Crippen LogP contribution < -0.4 is 11.3 Å². The van der Waals surface area contributed by atoms with Gasteiger partial charge in [-0.25, -0.2) is 15.8 Å². The van der Waals surface area contributed by atoms with Crippen LogP contribution in [0.1, 0.15) is 11.8 Å². The van der Waals surface area contributed by atoms with Crippen molar-refractivity contribution in [1.29, 1.82) is 0 Å². The fourth-order valence-electron chi connectivity index (χ4n) is 1.78. The van der Waals surface area contributed by atoms with Crippen LogP contribution in [0.4, 0.5) is 5.82 Å². The first-order chi connectivity index (χ1) is 8.81.